The van der Waals surface area contributed by atoms with Gasteiger partial charge < -0.3 is 20.7 Å². The first-order chi connectivity index (χ1) is 11.7. The summed E-state index contributed by atoms with van der Waals surface area (Å²) in [5, 5.41) is 10.4. The highest BCUT2D eigenvalue weighted by Gasteiger charge is 2.40. The molecule has 3 rings (SSSR count). The highest BCUT2D eigenvalue weighted by molar-refractivity contribution is 8.00. The number of carbonyl (C=O) groups is 1. The van der Waals surface area contributed by atoms with Gasteiger partial charge in [-0.05, 0) is 25.0 Å². The van der Waals surface area contributed by atoms with Crippen LogP contribution in [0.1, 0.15) is 25.7 Å². The SMILES string of the molecule is C=C1N[C@H]2CSC(CCCCC(=O)Nc3cccc(OC)c3)[C@H]2N1. The molecule has 0 bridgehead atoms. The number of ether oxygens (including phenoxy) is 1. The zero-order valence-electron chi connectivity index (χ0n) is 14.0. The van der Waals surface area contributed by atoms with Gasteiger partial charge in [-0.15, -0.1) is 0 Å². The fourth-order valence-electron chi connectivity index (χ4n) is 3.30. The number of thioether (sulfide) groups is 1. The first kappa shape index (κ1) is 17.0. The maximum absolute atomic E-state index is 12.0. The van der Waals surface area contributed by atoms with Gasteiger partial charge in [-0.2, -0.15) is 11.8 Å². The van der Waals surface area contributed by atoms with Gasteiger partial charge in [-0.25, -0.2) is 0 Å². The van der Waals surface area contributed by atoms with Crippen molar-refractivity contribution in [3.63, 3.8) is 0 Å². The molecule has 5 nitrogen and oxygen atoms in total. The molecule has 2 heterocycles. The van der Waals surface area contributed by atoms with E-state index >= 15 is 0 Å². The molecular weight excluding hydrogens is 322 g/mol. The summed E-state index contributed by atoms with van der Waals surface area (Å²) in [7, 11) is 1.62. The summed E-state index contributed by atoms with van der Waals surface area (Å²) >= 11 is 2.02. The molecule has 0 radical (unpaired) electrons. The molecule has 130 valence electrons. The van der Waals surface area contributed by atoms with Crippen molar-refractivity contribution in [3.05, 3.63) is 36.7 Å². The number of hydrogen-bond acceptors (Lipinski definition) is 5. The van der Waals surface area contributed by atoms with E-state index in [2.05, 4.69) is 22.5 Å². The van der Waals surface area contributed by atoms with E-state index in [0.717, 1.165) is 42.3 Å². The van der Waals surface area contributed by atoms with E-state index < -0.39 is 0 Å². The number of methoxy groups -OCH3 is 1. The molecule has 3 atom stereocenters. The quantitative estimate of drug-likeness (QED) is 0.662. The summed E-state index contributed by atoms with van der Waals surface area (Å²) in [5.74, 6) is 2.90. The van der Waals surface area contributed by atoms with Crippen LogP contribution in [-0.2, 0) is 4.79 Å². The molecule has 0 aromatic heterocycles. The molecular formula is C18H25N3O2S. The first-order valence-electron chi connectivity index (χ1n) is 8.43. The molecule has 2 aliphatic rings. The normalized spacial score (nSPS) is 24.9. The van der Waals surface area contributed by atoms with Crippen molar-refractivity contribution >= 4 is 23.4 Å². The molecule has 1 unspecified atom stereocenters. The summed E-state index contributed by atoms with van der Waals surface area (Å²) in [6.45, 7) is 3.95. The van der Waals surface area contributed by atoms with E-state index in [1.54, 1.807) is 7.11 Å². The molecule has 0 aliphatic carbocycles. The molecule has 3 N–H and O–H groups in total. The maximum atomic E-state index is 12.0. The lowest BCUT2D eigenvalue weighted by atomic mass is 10.0. The van der Waals surface area contributed by atoms with Crippen molar-refractivity contribution < 1.29 is 9.53 Å². The number of unbranched alkanes of at least 4 members (excludes halogenated alkanes) is 1. The molecule has 1 aromatic carbocycles. The molecule has 1 aromatic rings. The van der Waals surface area contributed by atoms with Gasteiger partial charge in [0.2, 0.25) is 5.91 Å². The zero-order chi connectivity index (χ0) is 16.9. The number of fused-ring (bicyclic) bond motifs is 1. The Labute approximate surface area is 147 Å². The van der Waals surface area contributed by atoms with Crippen molar-refractivity contribution in [3.8, 4) is 5.75 Å². The van der Waals surface area contributed by atoms with E-state index in [1.165, 1.54) is 0 Å². The van der Waals surface area contributed by atoms with Crippen molar-refractivity contribution in [2.75, 3.05) is 18.2 Å². The minimum absolute atomic E-state index is 0.0641. The number of rotatable bonds is 7. The number of hydrogen-bond donors (Lipinski definition) is 3. The van der Waals surface area contributed by atoms with Crippen molar-refractivity contribution in [1.82, 2.24) is 10.6 Å². The Balaban J connectivity index is 1.36. The predicted octanol–water partition coefficient (Wildman–Crippen LogP) is 2.71. The summed E-state index contributed by atoms with van der Waals surface area (Å²) < 4.78 is 5.16. The van der Waals surface area contributed by atoms with Crippen LogP contribution in [0.15, 0.2) is 36.7 Å². The van der Waals surface area contributed by atoms with Gasteiger partial charge in [0, 0.05) is 29.2 Å². The monoisotopic (exact) mass is 347 g/mol. The van der Waals surface area contributed by atoms with Gasteiger partial charge in [0.15, 0.2) is 0 Å². The van der Waals surface area contributed by atoms with Gasteiger partial charge in [-0.1, -0.05) is 19.1 Å². The van der Waals surface area contributed by atoms with Crippen LogP contribution >= 0.6 is 11.8 Å². The minimum atomic E-state index is 0.0641. The smallest absolute Gasteiger partial charge is 0.224 e. The van der Waals surface area contributed by atoms with Crippen LogP contribution in [0.2, 0.25) is 0 Å². The van der Waals surface area contributed by atoms with Gasteiger partial charge >= 0.3 is 0 Å². The summed E-state index contributed by atoms with van der Waals surface area (Å²) in [5.41, 5.74) is 0.785. The third-order valence-corrected chi connectivity index (χ3v) is 6.03. The van der Waals surface area contributed by atoms with Crippen LogP contribution in [0.5, 0.6) is 5.75 Å². The van der Waals surface area contributed by atoms with Crippen LogP contribution < -0.4 is 20.7 Å². The number of anilines is 1. The number of carbonyl (C=O) groups excluding carboxylic acids is 1. The second-order valence-electron chi connectivity index (χ2n) is 6.30. The molecule has 2 saturated heterocycles. The Bertz CT molecular complexity index is 608. The van der Waals surface area contributed by atoms with Crippen LogP contribution in [-0.4, -0.2) is 36.1 Å². The van der Waals surface area contributed by atoms with Crippen LogP contribution in [0, 0.1) is 0 Å². The van der Waals surface area contributed by atoms with Gasteiger partial charge in [0.05, 0.1) is 25.0 Å². The predicted molar refractivity (Wildman–Crippen MR) is 99.3 cm³/mol. The number of benzene rings is 1. The lowest BCUT2D eigenvalue weighted by Crippen LogP contribution is -2.36. The Kier molecular flexibility index (Phi) is 5.56. The van der Waals surface area contributed by atoms with E-state index in [4.69, 9.17) is 4.74 Å². The second kappa shape index (κ2) is 7.83. The van der Waals surface area contributed by atoms with Crippen LogP contribution in [0.25, 0.3) is 0 Å². The van der Waals surface area contributed by atoms with Crippen molar-refractivity contribution in [1.29, 1.82) is 0 Å². The molecule has 24 heavy (non-hydrogen) atoms. The zero-order valence-corrected chi connectivity index (χ0v) is 14.8. The fourth-order valence-corrected chi connectivity index (χ4v) is 4.85. The van der Waals surface area contributed by atoms with E-state index in [-0.39, 0.29) is 5.91 Å². The van der Waals surface area contributed by atoms with Gasteiger partial charge in [-0.3, -0.25) is 4.79 Å². The van der Waals surface area contributed by atoms with E-state index in [0.29, 0.717) is 23.8 Å². The lowest BCUT2D eigenvalue weighted by molar-refractivity contribution is -0.116. The average molecular weight is 347 g/mol. The Morgan fingerprint density at radius 2 is 2.29 bits per heavy atom. The topological polar surface area (TPSA) is 62.4 Å². The Hall–Kier alpha value is -1.82. The standard InChI is InChI=1S/C18H25N3O2S/c1-12-19-15-11-24-16(18(15)20-12)8-3-4-9-17(22)21-13-6-5-7-14(10-13)23-2/h5-7,10,15-16,18-20H,1,3-4,8-9,11H2,2H3,(H,21,22)/t15-,16?,18-/m0/s1. The lowest BCUT2D eigenvalue weighted by Gasteiger charge is -2.17. The molecule has 0 saturated carbocycles. The van der Waals surface area contributed by atoms with E-state index in [9.17, 15) is 4.79 Å². The highest BCUT2D eigenvalue weighted by Crippen LogP contribution is 2.34. The molecule has 0 spiro atoms. The largest absolute Gasteiger partial charge is 0.497 e. The minimum Gasteiger partial charge on any atom is -0.497 e. The maximum Gasteiger partial charge on any atom is 0.224 e. The fraction of sp³-hybridized carbons (Fsp3) is 0.500. The van der Waals surface area contributed by atoms with Gasteiger partial charge in [0.25, 0.3) is 0 Å². The second-order valence-corrected chi connectivity index (χ2v) is 7.57. The third-order valence-electron chi connectivity index (χ3n) is 4.52. The Morgan fingerprint density at radius 3 is 3.12 bits per heavy atom. The van der Waals surface area contributed by atoms with E-state index in [1.807, 2.05) is 36.0 Å². The Morgan fingerprint density at radius 1 is 1.42 bits per heavy atom. The summed E-state index contributed by atoms with van der Waals surface area (Å²) in [4.78, 5) is 12.0. The highest BCUT2D eigenvalue weighted by atomic mass is 32.2. The molecule has 6 heteroatoms. The molecule has 1 amide bonds. The molecule has 2 fully saturated rings. The van der Waals surface area contributed by atoms with Crippen molar-refractivity contribution in [2.24, 2.45) is 0 Å². The average Bonchev–Trinajstić information content (AvgIpc) is 3.11. The third kappa shape index (κ3) is 4.17. The van der Waals surface area contributed by atoms with Gasteiger partial charge in [0.1, 0.15) is 5.75 Å². The number of amides is 1. The van der Waals surface area contributed by atoms with Crippen LogP contribution in [0.4, 0.5) is 5.69 Å². The van der Waals surface area contributed by atoms with Crippen LogP contribution in [0.3, 0.4) is 0 Å². The molecule has 2 aliphatic heterocycles. The summed E-state index contributed by atoms with van der Waals surface area (Å²) in [6, 6.07) is 8.46. The van der Waals surface area contributed by atoms with Crippen molar-refractivity contribution in [2.45, 2.75) is 43.0 Å². The number of nitrogens with one attached hydrogen (secondary N) is 3. The summed E-state index contributed by atoms with van der Waals surface area (Å²) in [6.07, 6.45) is 3.68. The first-order valence-corrected chi connectivity index (χ1v) is 9.48.